The van der Waals surface area contributed by atoms with Gasteiger partial charge >= 0.3 is 5.97 Å². The van der Waals surface area contributed by atoms with Crippen molar-refractivity contribution < 1.29 is 9.53 Å². The Morgan fingerprint density at radius 1 is 1.30 bits per heavy atom. The topological polar surface area (TPSA) is 65.2 Å². The van der Waals surface area contributed by atoms with Gasteiger partial charge in [0.15, 0.2) is 0 Å². The molecule has 104 valence electrons. The number of hydrogen-bond acceptors (Lipinski definition) is 4. The molecular weight excluding hydrogens is 323 g/mol. The molecule has 0 amide bonds. The Morgan fingerprint density at radius 2 is 2.00 bits per heavy atom. The van der Waals surface area contributed by atoms with Gasteiger partial charge in [-0.2, -0.15) is 0 Å². The van der Waals surface area contributed by atoms with Crippen LogP contribution in [0.1, 0.15) is 10.4 Å². The zero-order valence-corrected chi connectivity index (χ0v) is 12.6. The highest BCUT2D eigenvalue weighted by Crippen LogP contribution is 2.38. The van der Waals surface area contributed by atoms with Gasteiger partial charge in [0.05, 0.1) is 34.1 Å². The lowest BCUT2D eigenvalue weighted by Crippen LogP contribution is -2.07. The Hall–Kier alpha value is -1.49. The second-order valence-corrected chi connectivity index (χ2v) is 5.08. The summed E-state index contributed by atoms with van der Waals surface area (Å²) < 4.78 is 4.65. The Bertz CT molecular complexity index is 690. The minimum atomic E-state index is -0.560. The third-order valence-electron chi connectivity index (χ3n) is 2.64. The Balaban J connectivity index is 2.68. The average Bonchev–Trinajstić information content (AvgIpc) is 2.42. The van der Waals surface area contributed by atoms with Gasteiger partial charge in [-0.05, 0) is 18.2 Å². The fourth-order valence-corrected chi connectivity index (χ4v) is 2.40. The van der Waals surface area contributed by atoms with Crippen LogP contribution in [0.15, 0.2) is 24.4 Å². The van der Waals surface area contributed by atoms with Gasteiger partial charge in [0.25, 0.3) is 0 Å². The van der Waals surface area contributed by atoms with Crippen LogP contribution in [-0.2, 0) is 4.74 Å². The molecule has 0 unspecified atom stereocenters. The van der Waals surface area contributed by atoms with Crippen molar-refractivity contribution in [2.24, 2.45) is 0 Å². The van der Waals surface area contributed by atoms with Gasteiger partial charge in [0.2, 0.25) is 0 Å². The average molecular weight is 332 g/mol. The third-order valence-corrected chi connectivity index (χ3v) is 3.66. The summed E-state index contributed by atoms with van der Waals surface area (Å²) in [7, 11) is 1.27. The van der Waals surface area contributed by atoms with Crippen LogP contribution in [0.5, 0.6) is 0 Å². The molecule has 2 rings (SSSR count). The largest absolute Gasteiger partial charge is 0.465 e. The quantitative estimate of drug-likeness (QED) is 0.665. The molecule has 20 heavy (non-hydrogen) atoms. The number of nitrogen functional groups attached to an aromatic ring is 1. The van der Waals surface area contributed by atoms with Crippen molar-refractivity contribution in [2.45, 2.75) is 0 Å². The van der Waals surface area contributed by atoms with Crippen LogP contribution in [0, 0.1) is 0 Å². The lowest BCUT2D eigenvalue weighted by Gasteiger charge is -2.11. The van der Waals surface area contributed by atoms with Gasteiger partial charge in [0.1, 0.15) is 0 Å². The molecule has 0 aliphatic heterocycles. The number of ether oxygens (including phenoxy) is 1. The summed E-state index contributed by atoms with van der Waals surface area (Å²) in [4.78, 5) is 15.8. The van der Waals surface area contributed by atoms with Crippen LogP contribution in [0.2, 0.25) is 15.1 Å². The predicted molar refractivity (Wildman–Crippen MR) is 80.5 cm³/mol. The van der Waals surface area contributed by atoms with Crippen molar-refractivity contribution in [1.82, 2.24) is 4.98 Å². The van der Waals surface area contributed by atoms with Crippen molar-refractivity contribution in [2.75, 3.05) is 12.8 Å². The van der Waals surface area contributed by atoms with E-state index in [2.05, 4.69) is 9.72 Å². The number of carbonyl (C=O) groups excluding carboxylic acids is 1. The number of nitrogens with two attached hydrogens (primary N) is 1. The molecule has 0 spiro atoms. The van der Waals surface area contributed by atoms with E-state index in [-0.39, 0.29) is 21.3 Å². The Kier molecular flexibility index (Phi) is 4.38. The molecule has 0 saturated carbocycles. The van der Waals surface area contributed by atoms with E-state index in [4.69, 9.17) is 40.5 Å². The van der Waals surface area contributed by atoms with E-state index in [0.717, 1.165) is 0 Å². The molecule has 0 aliphatic carbocycles. The monoisotopic (exact) mass is 330 g/mol. The van der Waals surface area contributed by atoms with Crippen LogP contribution in [0.25, 0.3) is 11.3 Å². The van der Waals surface area contributed by atoms with Crippen molar-refractivity contribution in [3.8, 4) is 11.3 Å². The fourth-order valence-electron chi connectivity index (χ4n) is 1.70. The van der Waals surface area contributed by atoms with Crippen LogP contribution >= 0.6 is 34.8 Å². The van der Waals surface area contributed by atoms with Crippen LogP contribution in [0.4, 0.5) is 5.69 Å². The number of aromatic nitrogens is 1. The first-order valence-corrected chi connectivity index (χ1v) is 6.56. The van der Waals surface area contributed by atoms with E-state index in [1.54, 1.807) is 6.07 Å². The summed E-state index contributed by atoms with van der Waals surface area (Å²) in [6, 6.07) is 4.55. The lowest BCUT2D eigenvalue weighted by molar-refractivity contribution is 0.0602. The molecule has 1 aromatic heterocycles. The zero-order valence-electron chi connectivity index (χ0n) is 10.3. The summed E-state index contributed by atoms with van der Waals surface area (Å²) in [5.74, 6) is -0.560. The van der Waals surface area contributed by atoms with E-state index < -0.39 is 5.97 Å². The first kappa shape index (κ1) is 14.9. The Morgan fingerprint density at radius 3 is 2.65 bits per heavy atom. The first-order chi connectivity index (χ1) is 9.45. The molecule has 0 atom stereocenters. The minimum Gasteiger partial charge on any atom is -0.465 e. The van der Waals surface area contributed by atoms with Gasteiger partial charge in [0, 0.05) is 16.8 Å². The molecule has 4 nitrogen and oxygen atoms in total. The van der Waals surface area contributed by atoms with E-state index in [9.17, 15) is 4.79 Å². The standard InChI is InChI=1S/C13H9Cl3N2O2/c1-20-13(19)7-2-3-18-12(11(7)17)8-4-6(14)5-9(15)10(8)16/h2-5H,17H2,1H3. The number of esters is 1. The lowest BCUT2D eigenvalue weighted by atomic mass is 10.1. The van der Waals surface area contributed by atoms with E-state index in [1.807, 2.05) is 0 Å². The van der Waals surface area contributed by atoms with Crippen molar-refractivity contribution in [3.63, 3.8) is 0 Å². The fraction of sp³-hybridized carbons (Fsp3) is 0.0769. The number of benzene rings is 1. The normalized spacial score (nSPS) is 10.4. The summed E-state index contributed by atoms with van der Waals surface area (Å²) in [6.07, 6.45) is 1.43. The maximum Gasteiger partial charge on any atom is 0.340 e. The second kappa shape index (κ2) is 5.87. The third kappa shape index (κ3) is 2.68. The SMILES string of the molecule is COC(=O)c1ccnc(-c2cc(Cl)cc(Cl)c2Cl)c1N. The van der Waals surface area contributed by atoms with Gasteiger partial charge in [-0.25, -0.2) is 4.79 Å². The van der Waals surface area contributed by atoms with Gasteiger partial charge in [-0.15, -0.1) is 0 Å². The molecule has 0 radical (unpaired) electrons. The summed E-state index contributed by atoms with van der Waals surface area (Å²) >= 11 is 18.1. The van der Waals surface area contributed by atoms with E-state index in [0.29, 0.717) is 16.3 Å². The number of anilines is 1. The summed E-state index contributed by atoms with van der Waals surface area (Å²) in [5, 5.41) is 0.926. The second-order valence-electron chi connectivity index (χ2n) is 3.86. The highest BCUT2D eigenvalue weighted by molar-refractivity contribution is 6.45. The van der Waals surface area contributed by atoms with Crippen molar-refractivity contribution in [1.29, 1.82) is 0 Å². The molecule has 0 fully saturated rings. The maximum atomic E-state index is 11.6. The molecule has 0 aliphatic rings. The number of rotatable bonds is 2. The molecule has 1 heterocycles. The molecule has 0 bridgehead atoms. The highest BCUT2D eigenvalue weighted by Gasteiger charge is 2.18. The van der Waals surface area contributed by atoms with E-state index in [1.165, 1.54) is 25.4 Å². The van der Waals surface area contributed by atoms with Gasteiger partial charge in [-0.1, -0.05) is 34.8 Å². The number of hydrogen-bond donors (Lipinski definition) is 1. The number of methoxy groups -OCH3 is 1. The first-order valence-electron chi connectivity index (χ1n) is 5.43. The molecule has 1 aromatic carbocycles. The Labute approximate surface area is 130 Å². The van der Waals surface area contributed by atoms with E-state index >= 15 is 0 Å². The summed E-state index contributed by atoms with van der Waals surface area (Å²) in [5.41, 5.74) is 7.08. The molecular formula is C13H9Cl3N2O2. The molecule has 0 saturated heterocycles. The van der Waals surface area contributed by atoms with Crippen molar-refractivity contribution in [3.05, 3.63) is 45.0 Å². The molecule has 2 aromatic rings. The number of pyridine rings is 1. The number of halogens is 3. The number of carbonyl (C=O) groups is 1. The summed E-state index contributed by atoms with van der Waals surface area (Å²) in [6.45, 7) is 0. The minimum absolute atomic E-state index is 0.152. The van der Waals surface area contributed by atoms with Crippen LogP contribution in [0.3, 0.4) is 0 Å². The predicted octanol–water partition coefficient (Wildman–Crippen LogP) is 4.08. The molecule has 7 heteroatoms. The molecule has 2 N–H and O–H groups in total. The number of nitrogens with zero attached hydrogens (tertiary/aromatic N) is 1. The maximum absolute atomic E-state index is 11.6. The van der Waals surface area contributed by atoms with Gasteiger partial charge < -0.3 is 10.5 Å². The zero-order chi connectivity index (χ0) is 14.9. The van der Waals surface area contributed by atoms with Gasteiger partial charge in [-0.3, -0.25) is 4.98 Å². The van der Waals surface area contributed by atoms with Crippen LogP contribution < -0.4 is 5.73 Å². The highest BCUT2D eigenvalue weighted by atomic mass is 35.5. The smallest absolute Gasteiger partial charge is 0.340 e. The van der Waals surface area contributed by atoms with Crippen molar-refractivity contribution >= 4 is 46.5 Å². The van der Waals surface area contributed by atoms with Crippen LogP contribution in [-0.4, -0.2) is 18.1 Å².